The van der Waals surface area contributed by atoms with Crippen molar-refractivity contribution in [3.05, 3.63) is 72.8 Å². The maximum Gasteiger partial charge on any atom is 0.227 e. The molecule has 184 valence electrons. The second-order valence-corrected chi connectivity index (χ2v) is 10.5. The summed E-state index contributed by atoms with van der Waals surface area (Å²) in [6, 6.07) is 18.9. The molecular weight excluding hydrogens is 492 g/mol. The molecule has 4 aromatic carbocycles. The van der Waals surface area contributed by atoms with E-state index < -0.39 is 9.84 Å². The molecule has 2 heterocycles. The maximum atomic E-state index is 13.5. The van der Waals surface area contributed by atoms with Crippen molar-refractivity contribution in [3.8, 4) is 22.9 Å². The highest BCUT2D eigenvalue weighted by Gasteiger charge is 2.22. The van der Waals surface area contributed by atoms with E-state index >= 15 is 0 Å². The summed E-state index contributed by atoms with van der Waals surface area (Å²) in [6.07, 6.45) is 0. The van der Waals surface area contributed by atoms with Gasteiger partial charge in [0.05, 0.1) is 9.79 Å². The summed E-state index contributed by atoms with van der Waals surface area (Å²) in [5.74, 6) is 0.560. The van der Waals surface area contributed by atoms with Gasteiger partial charge in [-0.15, -0.1) is 0 Å². The normalized spacial score (nSPS) is 11.9. The smallest absolute Gasteiger partial charge is 0.227 e. The lowest BCUT2D eigenvalue weighted by Gasteiger charge is -2.04. The standard InChI is InChI=1S/C26H20N6O4S/c27-15-5-13(6-16(28)9-15)25-31-21-11-19(1-3-23(21)35-25)37(33,34)20-2-4-24-22(12-20)32-26(36-24)14-7-17(29)10-18(30)8-14/h1-12H,27-30H2. The van der Waals surface area contributed by atoms with Crippen molar-refractivity contribution in [2.45, 2.75) is 9.79 Å². The molecule has 0 fully saturated rings. The fourth-order valence-electron chi connectivity index (χ4n) is 4.13. The van der Waals surface area contributed by atoms with Gasteiger partial charge >= 0.3 is 0 Å². The number of anilines is 4. The lowest BCUT2D eigenvalue weighted by Crippen LogP contribution is -2.01. The molecule has 0 saturated heterocycles. The van der Waals surface area contributed by atoms with Crippen molar-refractivity contribution < 1.29 is 17.3 Å². The van der Waals surface area contributed by atoms with Gasteiger partial charge in [0, 0.05) is 33.9 Å². The molecular formula is C26H20N6O4S. The number of nitrogens with two attached hydrogens (primary N) is 4. The average molecular weight is 513 g/mol. The van der Waals surface area contributed by atoms with Crippen LogP contribution in [0.4, 0.5) is 22.7 Å². The van der Waals surface area contributed by atoms with E-state index in [9.17, 15) is 8.42 Å². The van der Waals surface area contributed by atoms with Crippen LogP contribution in [0.2, 0.25) is 0 Å². The summed E-state index contributed by atoms with van der Waals surface area (Å²) >= 11 is 0. The molecule has 0 atom stereocenters. The molecule has 2 aromatic heterocycles. The van der Waals surface area contributed by atoms with Gasteiger partial charge in [-0.3, -0.25) is 0 Å². The minimum Gasteiger partial charge on any atom is -0.436 e. The van der Waals surface area contributed by atoms with Crippen LogP contribution in [0.3, 0.4) is 0 Å². The number of nitrogen functional groups attached to an aromatic ring is 4. The van der Waals surface area contributed by atoms with Crippen molar-refractivity contribution in [1.82, 2.24) is 9.97 Å². The van der Waals surface area contributed by atoms with E-state index in [0.29, 0.717) is 56.1 Å². The van der Waals surface area contributed by atoms with Crippen molar-refractivity contribution in [2.75, 3.05) is 22.9 Å². The highest BCUT2D eigenvalue weighted by Crippen LogP contribution is 2.32. The Bertz CT molecular complexity index is 1780. The van der Waals surface area contributed by atoms with E-state index in [1.165, 1.54) is 24.3 Å². The highest BCUT2D eigenvalue weighted by molar-refractivity contribution is 7.91. The number of nitrogens with zero attached hydrogens (tertiary/aromatic N) is 2. The molecule has 8 N–H and O–H groups in total. The Hall–Kier alpha value is -5.03. The summed E-state index contributed by atoms with van der Waals surface area (Å²) in [7, 11) is -3.90. The third kappa shape index (κ3) is 3.96. The second-order valence-electron chi connectivity index (χ2n) is 8.58. The summed E-state index contributed by atoms with van der Waals surface area (Å²) in [6.45, 7) is 0. The quantitative estimate of drug-likeness (QED) is 0.245. The molecule has 11 heteroatoms. The van der Waals surface area contributed by atoms with Gasteiger partial charge in [-0.05, 0) is 72.8 Å². The monoisotopic (exact) mass is 512 g/mol. The minimum absolute atomic E-state index is 0.0543. The highest BCUT2D eigenvalue weighted by atomic mass is 32.2. The molecule has 10 nitrogen and oxygen atoms in total. The van der Waals surface area contributed by atoms with Gasteiger partial charge in [0.15, 0.2) is 11.2 Å². The van der Waals surface area contributed by atoms with E-state index in [4.69, 9.17) is 31.8 Å². The number of rotatable bonds is 4. The lowest BCUT2D eigenvalue weighted by atomic mass is 10.2. The molecule has 37 heavy (non-hydrogen) atoms. The first-order chi connectivity index (χ1) is 17.7. The SMILES string of the molecule is Nc1cc(N)cc(-c2nc3cc(S(=O)(=O)c4ccc5oc(-c6cc(N)cc(N)c6)nc5c4)ccc3o2)c1. The largest absolute Gasteiger partial charge is 0.436 e. The minimum atomic E-state index is -3.90. The topological polar surface area (TPSA) is 190 Å². The zero-order chi connectivity index (χ0) is 25.9. The molecule has 0 aliphatic heterocycles. The molecule has 0 amide bonds. The predicted molar refractivity (Wildman–Crippen MR) is 142 cm³/mol. The maximum absolute atomic E-state index is 13.5. The van der Waals surface area contributed by atoms with Crippen LogP contribution in [0.25, 0.3) is 45.1 Å². The van der Waals surface area contributed by atoms with Crippen LogP contribution >= 0.6 is 0 Å². The van der Waals surface area contributed by atoms with Crippen LogP contribution in [-0.2, 0) is 9.84 Å². The van der Waals surface area contributed by atoms with Crippen LogP contribution in [0.15, 0.2) is 91.4 Å². The molecule has 0 bridgehead atoms. The van der Waals surface area contributed by atoms with Gasteiger partial charge < -0.3 is 31.8 Å². The predicted octanol–water partition coefficient (Wildman–Crippen LogP) is 4.46. The summed E-state index contributed by atoms with van der Waals surface area (Å²) in [5, 5.41) is 0. The molecule has 0 aliphatic carbocycles. The number of sulfone groups is 1. The van der Waals surface area contributed by atoms with E-state index in [-0.39, 0.29) is 21.6 Å². The van der Waals surface area contributed by atoms with Crippen molar-refractivity contribution in [2.24, 2.45) is 0 Å². The first-order valence-corrected chi connectivity index (χ1v) is 12.5. The number of benzene rings is 4. The fraction of sp³-hybridized carbons (Fsp3) is 0. The number of aromatic nitrogens is 2. The zero-order valence-electron chi connectivity index (χ0n) is 19.2. The lowest BCUT2D eigenvalue weighted by molar-refractivity contribution is 0.596. The molecule has 6 rings (SSSR count). The number of hydrogen-bond donors (Lipinski definition) is 4. The van der Waals surface area contributed by atoms with E-state index in [1.54, 1.807) is 48.5 Å². The van der Waals surface area contributed by atoms with Crippen LogP contribution in [0.5, 0.6) is 0 Å². The van der Waals surface area contributed by atoms with Gasteiger partial charge in [0.25, 0.3) is 0 Å². The van der Waals surface area contributed by atoms with Crippen LogP contribution < -0.4 is 22.9 Å². The number of hydrogen-bond acceptors (Lipinski definition) is 10. The fourth-order valence-corrected chi connectivity index (χ4v) is 5.43. The zero-order valence-corrected chi connectivity index (χ0v) is 20.0. The molecule has 0 spiro atoms. The molecule has 0 radical (unpaired) electrons. The van der Waals surface area contributed by atoms with E-state index in [0.717, 1.165) is 0 Å². The first-order valence-electron chi connectivity index (χ1n) is 11.0. The van der Waals surface area contributed by atoms with Crippen molar-refractivity contribution in [3.63, 3.8) is 0 Å². The summed E-state index contributed by atoms with van der Waals surface area (Å²) in [4.78, 5) is 9.00. The molecule has 0 aliphatic rings. The second kappa shape index (κ2) is 8.00. The Morgan fingerprint density at radius 1 is 0.541 bits per heavy atom. The van der Waals surface area contributed by atoms with E-state index in [2.05, 4.69) is 9.97 Å². The van der Waals surface area contributed by atoms with Gasteiger partial charge in [-0.2, -0.15) is 0 Å². The van der Waals surface area contributed by atoms with Gasteiger partial charge in [0.2, 0.25) is 21.6 Å². The first kappa shape index (κ1) is 22.4. The van der Waals surface area contributed by atoms with Gasteiger partial charge in [-0.1, -0.05) is 0 Å². The Morgan fingerprint density at radius 3 is 1.30 bits per heavy atom. The third-order valence-corrected chi connectivity index (χ3v) is 7.54. The molecule has 0 saturated carbocycles. The molecule has 0 unspecified atom stereocenters. The van der Waals surface area contributed by atoms with Crippen molar-refractivity contribution in [1.29, 1.82) is 0 Å². The van der Waals surface area contributed by atoms with Crippen LogP contribution in [0.1, 0.15) is 0 Å². The van der Waals surface area contributed by atoms with Crippen LogP contribution in [-0.4, -0.2) is 18.4 Å². The Kier molecular flexibility index (Phi) is 4.85. The Labute approximate surface area is 210 Å². The number of oxazole rings is 2. The third-order valence-electron chi connectivity index (χ3n) is 5.79. The summed E-state index contributed by atoms with van der Waals surface area (Å²) in [5.41, 5.74) is 28.1. The number of fused-ring (bicyclic) bond motifs is 2. The Morgan fingerprint density at radius 2 is 0.919 bits per heavy atom. The average Bonchev–Trinajstić information content (AvgIpc) is 3.46. The van der Waals surface area contributed by atoms with E-state index in [1.807, 2.05) is 0 Å². The summed E-state index contributed by atoms with van der Waals surface area (Å²) < 4.78 is 38.5. The van der Waals surface area contributed by atoms with Crippen LogP contribution in [0, 0.1) is 0 Å². The van der Waals surface area contributed by atoms with Gasteiger partial charge in [0.1, 0.15) is 11.0 Å². The van der Waals surface area contributed by atoms with Crippen molar-refractivity contribution >= 4 is 54.8 Å². The van der Waals surface area contributed by atoms with Gasteiger partial charge in [-0.25, -0.2) is 18.4 Å². The Balaban J connectivity index is 1.38. The molecule has 6 aromatic rings.